The van der Waals surface area contributed by atoms with Gasteiger partial charge in [-0.05, 0) is 25.0 Å². The first-order chi connectivity index (χ1) is 8.83. The zero-order valence-corrected chi connectivity index (χ0v) is 9.89. The Morgan fingerprint density at radius 3 is 2.78 bits per heavy atom. The van der Waals surface area contributed by atoms with Gasteiger partial charge in [0.1, 0.15) is 0 Å². The number of hydrogen-bond donors (Lipinski definition) is 2. The van der Waals surface area contributed by atoms with Crippen LogP contribution in [-0.2, 0) is 4.79 Å². The number of nitrogens with zero attached hydrogens (tertiary/aromatic N) is 2. The Balaban J connectivity index is 1.71. The van der Waals surface area contributed by atoms with E-state index in [0.717, 1.165) is 30.5 Å². The minimum Gasteiger partial charge on any atom is -0.309 e. The van der Waals surface area contributed by atoms with Crippen LogP contribution < -0.4 is 5.32 Å². The number of pyridine rings is 1. The van der Waals surface area contributed by atoms with Gasteiger partial charge in [0.15, 0.2) is 5.82 Å². The Morgan fingerprint density at radius 2 is 2.11 bits per heavy atom. The maximum atomic E-state index is 11.8. The van der Waals surface area contributed by atoms with E-state index >= 15 is 0 Å². The summed E-state index contributed by atoms with van der Waals surface area (Å²) in [6.07, 6.45) is 6.59. The lowest BCUT2D eigenvalue weighted by molar-refractivity contribution is -0.122. The van der Waals surface area contributed by atoms with Gasteiger partial charge in [-0.25, -0.2) is 0 Å². The van der Waals surface area contributed by atoms with Crippen LogP contribution >= 0.6 is 0 Å². The van der Waals surface area contributed by atoms with Crippen molar-refractivity contribution in [3.05, 3.63) is 30.6 Å². The zero-order valence-electron chi connectivity index (χ0n) is 9.89. The van der Waals surface area contributed by atoms with E-state index in [4.69, 9.17) is 0 Å². The standard InChI is InChI=1S/C13H14N4O/c18-13(10-2-1-3-10)15-12-8-11(16-17-12)9-4-6-14-7-5-9/h4-8,10H,1-3H2,(H2,15,16,17,18). The molecule has 92 valence electrons. The number of amides is 1. The van der Waals surface area contributed by atoms with Gasteiger partial charge in [-0.15, -0.1) is 0 Å². The number of hydrogen-bond acceptors (Lipinski definition) is 3. The van der Waals surface area contributed by atoms with Crippen molar-refractivity contribution in [3.8, 4) is 11.3 Å². The van der Waals surface area contributed by atoms with Crippen molar-refractivity contribution in [2.45, 2.75) is 19.3 Å². The van der Waals surface area contributed by atoms with Crippen molar-refractivity contribution in [1.29, 1.82) is 0 Å². The number of aromatic amines is 1. The summed E-state index contributed by atoms with van der Waals surface area (Å²) in [4.78, 5) is 15.7. The number of anilines is 1. The van der Waals surface area contributed by atoms with Gasteiger partial charge in [-0.2, -0.15) is 5.10 Å². The Labute approximate surface area is 105 Å². The summed E-state index contributed by atoms with van der Waals surface area (Å²) < 4.78 is 0. The highest BCUT2D eigenvalue weighted by molar-refractivity contribution is 5.92. The highest BCUT2D eigenvalue weighted by Gasteiger charge is 2.25. The maximum Gasteiger partial charge on any atom is 0.228 e. The first kappa shape index (κ1) is 11.0. The van der Waals surface area contributed by atoms with Crippen LogP contribution in [0, 0.1) is 5.92 Å². The van der Waals surface area contributed by atoms with Crippen LogP contribution in [0.5, 0.6) is 0 Å². The molecule has 0 saturated heterocycles. The number of nitrogens with one attached hydrogen (secondary N) is 2. The van der Waals surface area contributed by atoms with E-state index in [9.17, 15) is 4.79 Å². The lowest BCUT2D eigenvalue weighted by Crippen LogP contribution is -2.28. The average Bonchev–Trinajstić information content (AvgIpc) is 2.76. The molecule has 2 N–H and O–H groups in total. The molecule has 0 aromatic carbocycles. The third-order valence-electron chi connectivity index (χ3n) is 3.30. The number of carbonyl (C=O) groups is 1. The van der Waals surface area contributed by atoms with Crippen molar-refractivity contribution >= 4 is 11.7 Å². The molecular formula is C13H14N4O. The van der Waals surface area contributed by atoms with Crippen LogP contribution in [0.1, 0.15) is 19.3 Å². The van der Waals surface area contributed by atoms with E-state index in [0.29, 0.717) is 5.82 Å². The molecule has 5 nitrogen and oxygen atoms in total. The second kappa shape index (κ2) is 4.60. The second-order valence-electron chi connectivity index (χ2n) is 4.52. The van der Waals surface area contributed by atoms with Gasteiger partial charge in [0.05, 0.1) is 5.69 Å². The molecule has 1 fully saturated rings. The van der Waals surface area contributed by atoms with Crippen molar-refractivity contribution in [1.82, 2.24) is 15.2 Å². The predicted octanol–water partition coefficient (Wildman–Crippen LogP) is 2.21. The Kier molecular flexibility index (Phi) is 2.80. The van der Waals surface area contributed by atoms with Crippen molar-refractivity contribution in [3.63, 3.8) is 0 Å². The summed E-state index contributed by atoms with van der Waals surface area (Å²) in [5.74, 6) is 0.832. The molecule has 2 aromatic rings. The molecule has 0 spiro atoms. The second-order valence-corrected chi connectivity index (χ2v) is 4.52. The van der Waals surface area contributed by atoms with Gasteiger partial charge >= 0.3 is 0 Å². The molecule has 2 aromatic heterocycles. The lowest BCUT2D eigenvalue weighted by atomic mass is 9.85. The lowest BCUT2D eigenvalue weighted by Gasteiger charge is -2.23. The van der Waals surface area contributed by atoms with Gasteiger partial charge in [-0.3, -0.25) is 14.9 Å². The van der Waals surface area contributed by atoms with Crippen molar-refractivity contribution in [2.75, 3.05) is 5.32 Å². The largest absolute Gasteiger partial charge is 0.309 e. The molecule has 3 rings (SSSR count). The minimum atomic E-state index is 0.0778. The summed E-state index contributed by atoms with van der Waals surface area (Å²) in [7, 11) is 0. The molecule has 0 radical (unpaired) electrons. The molecule has 0 aliphatic heterocycles. The molecule has 1 aliphatic carbocycles. The van der Waals surface area contributed by atoms with Gasteiger partial charge in [-0.1, -0.05) is 6.42 Å². The van der Waals surface area contributed by atoms with Crippen LogP contribution in [-0.4, -0.2) is 21.1 Å². The highest BCUT2D eigenvalue weighted by atomic mass is 16.2. The Morgan fingerprint density at radius 1 is 1.33 bits per heavy atom. The average molecular weight is 242 g/mol. The molecule has 0 unspecified atom stereocenters. The van der Waals surface area contributed by atoms with E-state index < -0.39 is 0 Å². The summed E-state index contributed by atoms with van der Waals surface area (Å²) in [6.45, 7) is 0. The Bertz CT molecular complexity index is 545. The van der Waals surface area contributed by atoms with Gasteiger partial charge < -0.3 is 5.32 Å². The summed E-state index contributed by atoms with van der Waals surface area (Å²) in [5, 5.41) is 9.84. The quantitative estimate of drug-likeness (QED) is 0.866. The number of H-pyrrole nitrogens is 1. The fourth-order valence-corrected chi connectivity index (χ4v) is 1.96. The summed E-state index contributed by atoms with van der Waals surface area (Å²) in [5.41, 5.74) is 1.88. The fourth-order valence-electron chi connectivity index (χ4n) is 1.96. The highest BCUT2D eigenvalue weighted by Crippen LogP contribution is 2.27. The van der Waals surface area contributed by atoms with E-state index in [1.807, 2.05) is 18.2 Å². The van der Waals surface area contributed by atoms with Gasteiger partial charge in [0.2, 0.25) is 5.91 Å². The number of aromatic nitrogens is 3. The van der Waals surface area contributed by atoms with Gasteiger partial charge in [0.25, 0.3) is 0 Å². The molecule has 0 atom stereocenters. The molecule has 1 amide bonds. The summed E-state index contributed by atoms with van der Waals surface area (Å²) >= 11 is 0. The third-order valence-corrected chi connectivity index (χ3v) is 3.30. The van der Waals surface area contributed by atoms with Crippen LogP contribution in [0.3, 0.4) is 0 Å². The number of carbonyl (C=O) groups excluding carboxylic acids is 1. The molecule has 1 saturated carbocycles. The van der Waals surface area contributed by atoms with E-state index in [2.05, 4.69) is 20.5 Å². The maximum absolute atomic E-state index is 11.8. The van der Waals surface area contributed by atoms with Crippen LogP contribution in [0.25, 0.3) is 11.3 Å². The molecule has 1 aliphatic rings. The van der Waals surface area contributed by atoms with E-state index in [1.54, 1.807) is 12.4 Å². The number of rotatable bonds is 3. The normalized spacial score (nSPS) is 15.1. The Hall–Kier alpha value is -2.17. The fraction of sp³-hybridized carbons (Fsp3) is 0.308. The SMILES string of the molecule is O=C(Nc1cc(-c2ccncc2)[nH]n1)C1CCC1. The molecule has 0 bridgehead atoms. The van der Waals surface area contributed by atoms with Gasteiger partial charge in [0, 0.05) is 29.9 Å². The predicted molar refractivity (Wildman–Crippen MR) is 67.8 cm³/mol. The monoisotopic (exact) mass is 242 g/mol. The van der Waals surface area contributed by atoms with E-state index in [-0.39, 0.29) is 11.8 Å². The smallest absolute Gasteiger partial charge is 0.228 e. The topological polar surface area (TPSA) is 70.7 Å². The first-order valence-corrected chi connectivity index (χ1v) is 6.09. The van der Waals surface area contributed by atoms with Crippen LogP contribution in [0.2, 0.25) is 0 Å². The third kappa shape index (κ3) is 2.11. The first-order valence-electron chi connectivity index (χ1n) is 6.09. The summed E-state index contributed by atoms with van der Waals surface area (Å²) in [6, 6.07) is 5.63. The van der Waals surface area contributed by atoms with Crippen LogP contribution in [0.15, 0.2) is 30.6 Å². The van der Waals surface area contributed by atoms with Crippen molar-refractivity contribution in [2.24, 2.45) is 5.92 Å². The molecule has 2 heterocycles. The van der Waals surface area contributed by atoms with Crippen LogP contribution in [0.4, 0.5) is 5.82 Å². The zero-order chi connectivity index (χ0) is 12.4. The van der Waals surface area contributed by atoms with E-state index in [1.165, 1.54) is 0 Å². The molecule has 5 heteroatoms. The molecular weight excluding hydrogens is 228 g/mol. The molecule has 18 heavy (non-hydrogen) atoms. The minimum absolute atomic E-state index is 0.0778. The van der Waals surface area contributed by atoms with Crippen molar-refractivity contribution < 1.29 is 4.79 Å².